The molecule has 4 atom stereocenters. The van der Waals surface area contributed by atoms with Gasteiger partial charge in [0, 0.05) is 12.8 Å². The van der Waals surface area contributed by atoms with Gasteiger partial charge in [0.1, 0.15) is 0 Å². The first kappa shape index (κ1) is 17.9. The van der Waals surface area contributed by atoms with Crippen LogP contribution in [0, 0.1) is 11.8 Å². The molecular weight excluding hydrogens is 353 g/mol. The fraction of sp³-hybridized carbons (Fsp3) is 0.929. The molecule has 4 fully saturated rings. The van der Waals surface area contributed by atoms with Gasteiger partial charge in [-0.25, -0.2) is 4.18 Å². The maximum atomic E-state index is 12.7. The van der Waals surface area contributed by atoms with Crippen molar-refractivity contribution in [2.75, 3.05) is 6.61 Å². The van der Waals surface area contributed by atoms with Gasteiger partial charge in [0.2, 0.25) is 0 Å². The second-order valence-electron chi connectivity index (χ2n) is 6.95. The van der Waals surface area contributed by atoms with Crippen LogP contribution in [0.3, 0.4) is 0 Å². The van der Waals surface area contributed by atoms with E-state index in [0.717, 1.165) is 6.42 Å². The van der Waals surface area contributed by atoms with Crippen molar-refractivity contribution in [1.82, 2.24) is 0 Å². The summed E-state index contributed by atoms with van der Waals surface area (Å²) in [4.78, 5) is 11.8. The van der Waals surface area contributed by atoms with Gasteiger partial charge in [0.15, 0.2) is 5.79 Å². The Morgan fingerprint density at radius 1 is 1.21 bits per heavy atom. The van der Waals surface area contributed by atoms with E-state index in [2.05, 4.69) is 4.18 Å². The zero-order valence-electron chi connectivity index (χ0n) is 13.1. The number of ether oxygens (including phenoxy) is 2. The van der Waals surface area contributed by atoms with Gasteiger partial charge >= 0.3 is 21.6 Å². The summed E-state index contributed by atoms with van der Waals surface area (Å²) < 4.78 is 76.1. The van der Waals surface area contributed by atoms with Gasteiger partial charge in [-0.3, -0.25) is 4.79 Å². The SMILES string of the molecule is CCOC(=O)CC12C[C@H]3C[C@@H](C1)CC(OS(=O)(=O)C(F)(F)F)(C3)O2. The summed E-state index contributed by atoms with van der Waals surface area (Å²) in [6.45, 7) is 1.84. The molecule has 4 aliphatic rings. The van der Waals surface area contributed by atoms with Crippen LogP contribution in [0.5, 0.6) is 0 Å². The lowest BCUT2D eigenvalue weighted by molar-refractivity contribution is -0.344. The van der Waals surface area contributed by atoms with Crippen LogP contribution < -0.4 is 0 Å². The molecule has 4 rings (SSSR count). The molecule has 138 valence electrons. The van der Waals surface area contributed by atoms with Crippen LogP contribution in [0.4, 0.5) is 13.2 Å². The van der Waals surface area contributed by atoms with E-state index >= 15 is 0 Å². The van der Waals surface area contributed by atoms with Crippen molar-refractivity contribution in [2.24, 2.45) is 11.8 Å². The molecule has 6 nitrogen and oxygen atoms in total. The molecule has 0 N–H and O–H groups in total. The molecule has 2 heterocycles. The number of halogens is 3. The number of esters is 1. The largest absolute Gasteiger partial charge is 0.523 e. The minimum Gasteiger partial charge on any atom is -0.466 e. The Morgan fingerprint density at radius 3 is 2.29 bits per heavy atom. The standard InChI is InChI=1S/C14H19F3O6S/c1-2-21-11(18)8-12-4-9-3-10(5-12)7-13(6-9,22-12)23-24(19,20)14(15,16)17/h9-10H,2-8H2,1H3/t9-,10+,12?,13?. The molecule has 24 heavy (non-hydrogen) atoms. The highest BCUT2D eigenvalue weighted by Crippen LogP contribution is 2.59. The highest BCUT2D eigenvalue weighted by molar-refractivity contribution is 7.87. The monoisotopic (exact) mass is 372 g/mol. The molecule has 10 heteroatoms. The molecule has 0 aromatic carbocycles. The second-order valence-corrected chi connectivity index (χ2v) is 8.48. The van der Waals surface area contributed by atoms with Crippen LogP contribution in [-0.2, 0) is 28.6 Å². The van der Waals surface area contributed by atoms with E-state index in [1.807, 2.05) is 0 Å². The number of rotatable bonds is 5. The molecule has 0 aromatic rings. The maximum Gasteiger partial charge on any atom is 0.523 e. The maximum absolute atomic E-state index is 12.7. The zero-order valence-corrected chi connectivity index (χ0v) is 13.9. The van der Waals surface area contributed by atoms with Crippen LogP contribution >= 0.6 is 0 Å². The third-order valence-corrected chi connectivity index (χ3v) is 6.00. The second kappa shape index (κ2) is 5.57. The van der Waals surface area contributed by atoms with E-state index in [0.29, 0.717) is 12.8 Å². The number of carbonyl (C=O) groups excluding carboxylic acids is 1. The first-order valence-electron chi connectivity index (χ1n) is 7.86. The lowest BCUT2D eigenvalue weighted by Crippen LogP contribution is -2.63. The fourth-order valence-corrected chi connectivity index (χ4v) is 5.26. The van der Waals surface area contributed by atoms with E-state index in [4.69, 9.17) is 9.47 Å². The Hall–Kier alpha value is -0.870. The summed E-state index contributed by atoms with van der Waals surface area (Å²) in [5.41, 5.74) is -6.51. The average Bonchev–Trinajstić information content (AvgIpc) is 2.33. The zero-order chi connectivity index (χ0) is 17.8. The van der Waals surface area contributed by atoms with Gasteiger partial charge < -0.3 is 9.47 Å². The predicted molar refractivity (Wildman–Crippen MR) is 73.9 cm³/mol. The molecule has 2 saturated heterocycles. The molecule has 4 bridgehead atoms. The quantitative estimate of drug-likeness (QED) is 0.419. The van der Waals surface area contributed by atoms with Crippen LogP contribution in [-0.4, -0.2) is 37.9 Å². The third kappa shape index (κ3) is 3.15. The Kier molecular flexibility index (Phi) is 4.16. The van der Waals surface area contributed by atoms with Crippen LogP contribution in [0.25, 0.3) is 0 Å². The van der Waals surface area contributed by atoms with Gasteiger partial charge in [-0.1, -0.05) is 0 Å². The van der Waals surface area contributed by atoms with E-state index in [1.54, 1.807) is 6.92 Å². The molecule has 0 aromatic heterocycles. The van der Waals surface area contributed by atoms with E-state index in [1.165, 1.54) is 0 Å². The molecule has 0 spiro atoms. The minimum atomic E-state index is -5.77. The number of alkyl halides is 3. The smallest absolute Gasteiger partial charge is 0.466 e. The molecule has 2 unspecified atom stereocenters. The van der Waals surface area contributed by atoms with E-state index < -0.39 is 33.0 Å². The Bertz CT molecular complexity index is 615. The van der Waals surface area contributed by atoms with Crippen molar-refractivity contribution < 1.29 is 40.0 Å². The average molecular weight is 372 g/mol. The first-order valence-corrected chi connectivity index (χ1v) is 9.27. The van der Waals surface area contributed by atoms with Crippen LogP contribution in [0.2, 0.25) is 0 Å². The predicted octanol–water partition coefficient (Wildman–Crippen LogP) is 2.48. The number of hydrogen-bond acceptors (Lipinski definition) is 6. The molecular formula is C14H19F3O6S. The molecule has 0 radical (unpaired) electrons. The number of hydrogen-bond donors (Lipinski definition) is 0. The summed E-state index contributed by atoms with van der Waals surface area (Å²) >= 11 is 0. The van der Waals surface area contributed by atoms with Gasteiger partial charge in [0.05, 0.1) is 18.6 Å². The normalized spacial score (nSPS) is 38.3. The fourth-order valence-electron chi connectivity index (χ4n) is 4.60. The van der Waals surface area contributed by atoms with Gasteiger partial charge in [-0.15, -0.1) is 0 Å². The Labute approximate surface area is 137 Å². The highest BCUT2D eigenvalue weighted by atomic mass is 32.2. The number of carbonyl (C=O) groups is 1. The topological polar surface area (TPSA) is 78.9 Å². The van der Waals surface area contributed by atoms with Crippen LogP contribution in [0.1, 0.15) is 45.4 Å². The van der Waals surface area contributed by atoms with E-state index in [-0.39, 0.29) is 37.7 Å². The molecule has 2 aliphatic heterocycles. The van der Waals surface area contributed by atoms with Crippen molar-refractivity contribution in [1.29, 1.82) is 0 Å². The van der Waals surface area contributed by atoms with Crippen LogP contribution in [0.15, 0.2) is 0 Å². The molecule has 2 aliphatic carbocycles. The summed E-state index contributed by atoms with van der Waals surface area (Å²) in [5, 5.41) is 0. The summed E-state index contributed by atoms with van der Waals surface area (Å²) in [6, 6.07) is 0. The van der Waals surface area contributed by atoms with Crippen molar-refractivity contribution in [2.45, 2.75) is 62.3 Å². The van der Waals surface area contributed by atoms with Crippen molar-refractivity contribution in [3.05, 3.63) is 0 Å². The van der Waals surface area contributed by atoms with Crippen molar-refractivity contribution in [3.8, 4) is 0 Å². The first-order chi connectivity index (χ1) is 11.0. The Balaban J connectivity index is 1.84. The van der Waals surface area contributed by atoms with Gasteiger partial charge in [-0.05, 0) is 38.0 Å². The summed E-state index contributed by atoms with van der Waals surface area (Å²) in [6.07, 6.45) is 1.85. The lowest BCUT2D eigenvalue weighted by atomic mass is 9.60. The molecule has 0 amide bonds. The Morgan fingerprint density at radius 2 is 1.79 bits per heavy atom. The van der Waals surface area contributed by atoms with Crippen molar-refractivity contribution >= 4 is 16.1 Å². The summed E-state index contributed by atoms with van der Waals surface area (Å²) in [5.74, 6) is -2.38. The summed E-state index contributed by atoms with van der Waals surface area (Å²) in [7, 11) is -5.77. The van der Waals surface area contributed by atoms with Gasteiger partial charge in [0.25, 0.3) is 0 Å². The molecule has 2 saturated carbocycles. The minimum absolute atomic E-state index is 0.0240. The highest BCUT2D eigenvalue weighted by Gasteiger charge is 2.64. The van der Waals surface area contributed by atoms with Crippen molar-refractivity contribution in [3.63, 3.8) is 0 Å². The van der Waals surface area contributed by atoms with E-state index in [9.17, 15) is 26.4 Å². The van der Waals surface area contributed by atoms with Gasteiger partial charge in [-0.2, -0.15) is 21.6 Å². The lowest BCUT2D eigenvalue weighted by Gasteiger charge is -2.60. The third-order valence-electron chi connectivity index (χ3n) is 4.91.